The van der Waals surface area contributed by atoms with Crippen molar-refractivity contribution in [3.8, 4) is 10.7 Å². The summed E-state index contributed by atoms with van der Waals surface area (Å²) in [5.74, 6) is 0.578. The van der Waals surface area contributed by atoms with Crippen LogP contribution in [0.15, 0.2) is 54.6 Å². The van der Waals surface area contributed by atoms with Gasteiger partial charge in [0.25, 0.3) is 5.91 Å². The fourth-order valence-corrected chi connectivity index (χ4v) is 5.33. The fraction of sp³-hybridized carbons (Fsp3) is 0.357. The second-order valence-corrected chi connectivity index (χ2v) is 11.2. The maximum atomic E-state index is 12.9. The van der Waals surface area contributed by atoms with Crippen LogP contribution in [0.3, 0.4) is 0 Å². The summed E-state index contributed by atoms with van der Waals surface area (Å²) in [6.45, 7) is 9.13. The van der Waals surface area contributed by atoms with Gasteiger partial charge in [-0.2, -0.15) is 0 Å². The van der Waals surface area contributed by atoms with E-state index in [0.717, 1.165) is 71.4 Å². The summed E-state index contributed by atoms with van der Waals surface area (Å²) in [4.78, 5) is 27.6. The second kappa shape index (κ2) is 10.1. The number of fused-ring (bicyclic) bond motifs is 1. The number of hydrogen-bond acceptors (Lipinski definition) is 6. The van der Waals surface area contributed by atoms with Crippen LogP contribution < -0.4 is 5.32 Å². The van der Waals surface area contributed by atoms with Gasteiger partial charge in [0.05, 0.1) is 21.5 Å². The molecular weight excluding hydrogens is 470 g/mol. The zero-order valence-corrected chi connectivity index (χ0v) is 21.9. The van der Waals surface area contributed by atoms with E-state index in [1.54, 1.807) is 19.9 Å². The highest BCUT2D eigenvalue weighted by molar-refractivity contribution is 7.15. The molecule has 1 aliphatic heterocycles. The van der Waals surface area contributed by atoms with Crippen molar-refractivity contribution in [2.45, 2.75) is 25.9 Å². The number of nitrogens with zero attached hydrogens (tertiary/aromatic N) is 3. The number of imidazole rings is 1. The first-order chi connectivity index (χ1) is 17.2. The smallest absolute Gasteiger partial charge is 0.255 e. The third-order valence-electron chi connectivity index (χ3n) is 6.71. The number of aliphatic hydroxyl groups is 1. The SMILES string of the molecule is CN1CCN(CCc2ccc(NC(=O)c3ccc4nc(-c5ccc(C(C)(C)O)s5)[nH]c4c3)cc2)CC1. The van der Waals surface area contributed by atoms with E-state index in [4.69, 9.17) is 0 Å². The van der Waals surface area contributed by atoms with E-state index >= 15 is 0 Å². The fourth-order valence-electron chi connectivity index (χ4n) is 4.38. The number of hydrogen-bond donors (Lipinski definition) is 3. The summed E-state index contributed by atoms with van der Waals surface area (Å²) in [6.07, 6.45) is 1.01. The number of carbonyl (C=O) groups is 1. The number of thiophene rings is 1. The topological polar surface area (TPSA) is 84.5 Å². The van der Waals surface area contributed by atoms with Crippen molar-refractivity contribution in [1.82, 2.24) is 19.8 Å². The third kappa shape index (κ3) is 5.68. The molecule has 188 valence electrons. The number of benzene rings is 2. The van der Waals surface area contributed by atoms with Gasteiger partial charge in [-0.3, -0.25) is 4.79 Å². The summed E-state index contributed by atoms with van der Waals surface area (Å²) >= 11 is 1.51. The van der Waals surface area contributed by atoms with Crippen LogP contribution in [-0.4, -0.2) is 70.6 Å². The van der Waals surface area contributed by atoms with Crippen molar-refractivity contribution in [2.24, 2.45) is 0 Å². The molecule has 3 N–H and O–H groups in total. The molecular formula is C28H33N5O2S. The van der Waals surface area contributed by atoms with E-state index in [9.17, 15) is 9.90 Å². The van der Waals surface area contributed by atoms with Gasteiger partial charge >= 0.3 is 0 Å². The Labute approximate surface area is 215 Å². The van der Waals surface area contributed by atoms with Gasteiger partial charge in [0, 0.05) is 48.9 Å². The van der Waals surface area contributed by atoms with Crippen LogP contribution in [0.2, 0.25) is 0 Å². The molecule has 3 heterocycles. The van der Waals surface area contributed by atoms with Crippen LogP contribution >= 0.6 is 11.3 Å². The van der Waals surface area contributed by atoms with Crippen molar-refractivity contribution in [2.75, 3.05) is 45.1 Å². The first-order valence-corrected chi connectivity index (χ1v) is 13.2. The molecule has 2 aromatic carbocycles. The lowest BCUT2D eigenvalue weighted by Crippen LogP contribution is -2.45. The van der Waals surface area contributed by atoms with Crippen LogP contribution in [0.5, 0.6) is 0 Å². The van der Waals surface area contributed by atoms with E-state index in [2.05, 4.69) is 44.3 Å². The van der Waals surface area contributed by atoms with Crippen LogP contribution in [-0.2, 0) is 12.0 Å². The quantitative estimate of drug-likeness (QED) is 0.344. The van der Waals surface area contributed by atoms with Gasteiger partial charge in [-0.1, -0.05) is 12.1 Å². The van der Waals surface area contributed by atoms with Crippen molar-refractivity contribution in [1.29, 1.82) is 0 Å². The molecule has 1 amide bonds. The number of rotatable bonds is 7. The van der Waals surface area contributed by atoms with Crippen LogP contribution in [0, 0.1) is 0 Å². The molecule has 0 saturated carbocycles. The van der Waals surface area contributed by atoms with Crippen LogP contribution in [0.25, 0.3) is 21.7 Å². The van der Waals surface area contributed by atoms with Crippen molar-refractivity contribution in [3.05, 3.63) is 70.6 Å². The highest BCUT2D eigenvalue weighted by atomic mass is 32.1. The van der Waals surface area contributed by atoms with E-state index in [-0.39, 0.29) is 5.91 Å². The number of nitrogens with one attached hydrogen (secondary N) is 2. The Kier molecular flexibility index (Phi) is 6.94. The number of aromatic amines is 1. The number of anilines is 1. The number of amides is 1. The normalized spacial score (nSPS) is 15.4. The van der Waals surface area contributed by atoms with Crippen LogP contribution in [0.4, 0.5) is 5.69 Å². The van der Waals surface area contributed by atoms with Crippen LogP contribution in [0.1, 0.15) is 34.6 Å². The van der Waals surface area contributed by atoms with E-state index in [1.165, 1.54) is 16.9 Å². The first kappa shape index (κ1) is 24.6. The average Bonchev–Trinajstić information content (AvgIpc) is 3.51. The van der Waals surface area contributed by atoms with Gasteiger partial charge in [-0.15, -0.1) is 11.3 Å². The molecule has 0 bridgehead atoms. The monoisotopic (exact) mass is 503 g/mol. The predicted octanol–water partition coefficient (Wildman–Crippen LogP) is 4.56. The zero-order valence-electron chi connectivity index (χ0n) is 21.0. The van der Waals surface area contributed by atoms with Crippen molar-refractivity contribution >= 4 is 34.0 Å². The zero-order chi connectivity index (χ0) is 25.3. The molecule has 8 heteroatoms. The summed E-state index contributed by atoms with van der Waals surface area (Å²) in [7, 11) is 2.18. The van der Waals surface area contributed by atoms with Crippen molar-refractivity contribution < 1.29 is 9.90 Å². The van der Waals surface area contributed by atoms with Gasteiger partial charge in [-0.25, -0.2) is 4.98 Å². The van der Waals surface area contributed by atoms with Gasteiger partial charge < -0.3 is 25.2 Å². The standard InChI is InChI=1S/C28H33N5O2S/c1-28(2,35)25-11-10-24(36-25)26-30-22-9-6-20(18-23(22)31-26)27(34)29-21-7-4-19(5-8-21)12-13-33-16-14-32(3)15-17-33/h4-11,18,35H,12-17H2,1-3H3,(H,29,34)(H,30,31). The summed E-state index contributed by atoms with van der Waals surface area (Å²) in [6, 6.07) is 17.5. The Morgan fingerprint density at radius 3 is 2.53 bits per heavy atom. The Bertz CT molecular complexity index is 1340. The van der Waals surface area contributed by atoms with Gasteiger partial charge in [0.2, 0.25) is 0 Å². The number of carbonyl (C=O) groups excluding carboxylic acids is 1. The number of likely N-dealkylation sites (N-methyl/N-ethyl adjacent to an activating group) is 1. The molecule has 2 aromatic heterocycles. The lowest BCUT2D eigenvalue weighted by Gasteiger charge is -2.32. The van der Waals surface area contributed by atoms with Gasteiger partial charge in [0.15, 0.2) is 0 Å². The summed E-state index contributed by atoms with van der Waals surface area (Å²) in [5, 5.41) is 13.2. The number of aromatic nitrogens is 2. The van der Waals surface area contributed by atoms with Gasteiger partial charge in [0.1, 0.15) is 5.82 Å². The molecule has 0 radical (unpaired) electrons. The van der Waals surface area contributed by atoms with E-state index < -0.39 is 5.60 Å². The second-order valence-electron chi connectivity index (χ2n) is 10.1. The molecule has 4 aromatic rings. The lowest BCUT2D eigenvalue weighted by atomic mass is 10.1. The Hall–Kier alpha value is -3.04. The van der Waals surface area contributed by atoms with Crippen molar-refractivity contribution in [3.63, 3.8) is 0 Å². The molecule has 5 rings (SSSR count). The largest absolute Gasteiger partial charge is 0.385 e. The minimum atomic E-state index is -0.886. The Morgan fingerprint density at radius 2 is 1.83 bits per heavy atom. The molecule has 1 fully saturated rings. The minimum absolute atomic E-state index is 0.154. The molecule has 0 spiro atoms. The molecule has 0 atom stereocenters. The Morgan fingerprint density at radius 1 is 1.08 bits per heavy atom. The Balaban J connectivity index is 1.21. The third-order valence-corrected chi connectivity index (χ3v) is 8.12. The van der Waals surface area contributed by atoms with Gasteiger partial charge in [-0.05, 0) is 75.3 Å². The highest BCUT2D eigenvalue weighted by Crippen LogP contribution is 2.33. The molecule has 0 unspecified atom stereocenters. The predicted molar refractivity (Wildman–Crippen MR) is 147 cm³/mol. The average molecular weight is 504 g/mol. The lowest BCUT2D eigenvalue weighted by molar-refractivity contribution is 0.0825. The maximum absolute atomic E-state index is 12.9. The summed E-state index contributed by atoms with van der Waals surface area (Å²) < 4.78 is 0. The molecule has 7 nitrogen and oxygen atoms in total. The van der Waals surface area contributed by atoms with E-state index in [0.29, 0.717) is 5.56 Å². The summed E-state index contributed by atoms with van der Waals surface area (Å²) in [5.41, 5.74) is 3.34. The minimum Gasteiger partial charge on any atom is -0.385 e. The number of H-pyrrole nitrogens is 1. The molecule has 1 aliphatic rings. The maximum Gasteiger partial charge on any atom is 0.255 e. The van der Waals surface area contributed by atoms with E-state index in [1.807, 2.05) is 36.4 Å². The highest BCUT2D eigenvalue weighted by Gasteiger charge is 2.20. The number of piperazine rings is 1. The first-order valence-electron chi connectivity index (χ1n) is 12.4. The molecule has 36 heavy (non-hydrogen) atoms. The molecule has 1 saturated heterocycles. The molecule has 0 aliphatic carbocycles.